The van der Waals surface area contributed by atoms with E-state index in [1.807, 2.05) is 76.9 Å². The maximum absolute atomic E-state index is 12.3. The highest BCUT2D eigenvalue weighted by molar-refractivity contribution is 5.92. The molecule has 0 aliphatic rings. The van der Waals surface area contributed by atoms with Crippen LogP contribution in [0.15, 0.2) is 94.8 Å². The van der Waals surface area contributed by atoms with Gasteiger partial charge in [-0.25, -0.2) is 9.20 Å². The number of amides is 1. The molecular weight excluding hydrogens is 494 g/mol. The number of benzene rings is 2. The Balaban J connectivity index is 1.27. The predicted molar refractivity (Wildman–Crippen MR) is 145 cm³/mol. The van der Waals surface area contributed by atoms with Gasteiger partial charge in [0, 0.05) is 42.1 Å². The second-order valence-electron chi connectivity index (χ2n) is 9.22. The molecule has 6 rings (SSSR count). The lowest BCUT2D eigenvalue weighted by Crippen LogP contribution is -2.28. The topological polar surface area (TPSA) is 130 Å². The molecule has 1 amide bonds. The lowest BCUT2D eigenvalue weighted by molar-refractivity contribution is -0.519. The minimum atomic E-state index is -0.639. The molecule has 0 spiro atoms. The van der Waals surface area contributed by atoms with Gasteiger partial charge >= 0.3 is 5.69 Å². The summed E-state index contributed by atoms with van der Waals surface area (Å²) in [5.41, 5.74) is 4.73. The average Bonchev–Trinajstić information content (AvgIpc) is 3.28. The molecule has 0 bridgehead atoms. The molecule has 2 aromatic carbocycles. The number of aromatic amines is 2. The van der Waals surface area contributed by atoms with Crippen LogP contribution in [0, 0.1) is 6.92 Å². The van der Waals surface area contributed by atoms with Crippen molar-refractivity contribution in [1.82, 2.24) is 30.0 Å². The highest BCUT2D eigenvalue weighted by atomic mass is 16.2. The second kappa shape index (κ2) is 9.82. The van der Waals surface area contributed by atoms with E-state index in [4.69, 9.17) is 10.1 Å². The van der Waals surface area contributed by atoms with Gasteiger partial charge in [0.1, 0.15) is 5.69 Å². The van der Waals surface area contributed by atoms with Crippen molar-refractivity contribution in [2.24, 2.45) is 0 Å². The number of aromatic nitrogens is 6. The van der Waals surface area contributed by atoms with Crippen LogP contribution in [0.1, 0.15) is 17.1 Å². The summed E-state index contributed by atoms with van der Waals surface area (Å²) >= 11 is 0. The number of H-pyrrole nitrogens is 2. The number of pyridine rings is 2. The summed E-state index contributed by atoms with van der Waals surface area (Å²) in [5.74, 6) is 0.532. The summed E-state index contributed by atoms with van der Waals surface area (Å²) in [7, 11) is 0. The van der Waals surface area contributed by atoms with Gasteiger partial charge in [0.25, 0.3) is 17.0 Å². The molecule has 0 atom stereocenters. The Bertz CT molecular complexity index is 1930. The third-order valence-corrected chi connectivity index (χ3v) is 6.51. The van der Waals surface area contributed by atoms with Crippen molar-refractivity contribution >= 4 is 22.5 Å². The molecule has 4 heterocycles. The van der Waals surface area contributed by atoms with Crippen molar-refractivity contribution in [2.45, 2.75) is 19.9 Å². The van der Waals surface area contributed by atoms with Crippen LogP contribution in [-0.4, -0.2) is 30.6 Å². The second-order valence-corrected chi connectivity index (χ2v) is 9.22. The molecule has 0 radical (unpaired) electrons. The average molecular weight is 519 g/mol. The van der Waals surface area contributed by atoms with E-state index in [-0.39, 0.29) is 18.0 Å². The van der Waals surface area contributed by atoms with Crippen LogP contribution in [-0.2, 0) is 17.8 Å². The maximum atomic E-state index is 12.3. The summed E-state index contributed by atoms with van der Waals surface area (Å²) < 4.78 is 3.95. The molecule has 4 aromatic heterocycles. The standard InChI is InChI=1S/C29H23N7O3/c1-18-34-36(28-24-13-21(20-5-3-2-4-6-20)17-30-25(24)11-12-35(18)28)23-9-7-19(8-10-23)16-31-26(37)14-22-15-27(38)33-29(39)32-22/h2-13,15,17H,14,16H2,1H3,(H2-,31,32,33,37,38,39)/p+1. The number of hydrogen-bond donors (Lipinski definition) is 3. The number of hydrogen-bond acceptors (Lipinski definition) is 5. The molecule has 6 aromatic rings. The van der Waals surface area contributed by atoms with Gasteiger partial charge in [0.05, 0.1) is 23.5 Å². The van der Waals surface area contributed by atoms with Gasteiger partial charge in [-0.1, -0.05) is 47.1 Å². The molecule has 10 nitrogen and oxygen atoms in total. The first-order valence-corrected chi connectivity index (χ1v) is 12.4. The molecule has 39 heavy (non-hydrogen) atoms. The van der Waals surface area contributed by atoms with Crippen molar-refractivity contribution in [3.63, 3.8) is 0 Å². The Morgan fingerprint density at radius 2 is 1.77 bits per heavy atom. The van der Waals surface area contributed by atoms with E-state index in [0.717, 1.165) is 44.8 Å². The van der Waals surface area contributed by atoms with E-state index in [2.05, 4.69) is 33.5 Å². The van der Waals surface area contributed by atoms with Crippen LogP contribution in [0.3, 0.4) is 0 Å². The molecule has 10 heteroatoms. The minimum absolute atomic E-state index is 0.0981. The summed E-state index contributed by atoms with van der Waals surface area (Å²) in [4.78, 5) is 44.4. The van der Waals surface area contributed by atoms with E-state index in [1.165, 1.54) is 6.07 Å². The van der Waals surface area contributed by atoms with E-state index < -0.39 is 11.2 Å². The summed E-state index contributed by atoms with van der Waals surface area (Å²) in [5, 5.41) is 8.60. The maximum Gasteiger partial charge on any atom is 0.325 e. The number of rotatable bonds is 6. The van der Waals surface area contributed by atoms with Crippen LogP contribution in [0.2, 0.25) is 0 Å². The van der Waals surface area contributed by atoms with Gasteiger partial charge < -0.3 is 10.3 Å². The fourth-order valence-corrected chi connectivity index (χ4v) is 4.62. The van der Waals surface area contributed by atoms with E-state index in [1.54, 1.807) is 0 Å². The molecule has 0 unspecified atom stereocenters. The van der Waals surface area contributed by atoms with E-state index in [0.29, 0.717) is 6.54 Å². The fourth-order valence-electron chi connectivity index (χ4n) is 4.62. The number of aryl methyl sites for hydroxylation is 1. The Morgan fingerprint density at radius 3 is 2.54 bits per heavy atom. The fraction of sp³-hybridized carbons (Fsp3) is 0.103. The van der Waals surface area contributed by atoms with Gasteiger partial charge in [-0.2, -0.15) is 0 Å². The zero-order chi connectivity index (χ0) is 26.9. The Morgan fingerprint density at radius 1 is 0.974 bits per heavy atom. The van der Waals surface area contributed by atoms with E-state index >= 15 is 0 Å². The van der Waals surface area contributed by atoms with Crippen molar-refractivity contribution in [2.75, 3.05) is 0 Å². The number of nitrogens with zero attached hydrogens (tertiary/aromatic N) is 4. The summed E-state index contributed by atoms with van der Waals surface area (Å²) in [6, 6.07) is 23.2. The number of carbonyl (C=O) groups excluding carboxylic acids is 1. The Kier molecular flexibility index (Phi) is 6.04. The van der Waals surface area contributed by atoms with Gasteiger partial charge in [-0.05, 0) is 35.4 Å². The lowest BCUT2D eigenvalue weighted by Gasteiger charge is -2.06. The monoisotopic (exact) mass is 518 g/mol. The molecular formula is C29H24N7O3+. The molecule has 0 fully saturated rings. The van der Waals surface area contributed by atoms with Crippen LogP contribution in [0.5, 0.6) is 0 Å². The zero-order valence-electron chi connectivity index (χ0n) is 21.0. The first-order chi connectivity index (χ1) is 18.9. The quantitative estimate of drug-likeness (QED) is 0.292. The van der Waals surface area contributed by atoms with E-state index in [9.17, 15) is 14.4 Å². The van der Waals surface area contributed by atoms with Crippen LogP contribution >= 0.6 is 0 Å². The Hall–Kier alpha value is -5.38. The highest BCUT2D eigenvalue weighted by Gasteiger charge is 2.22. The first-order valence-electron chi connectivity index (χ1n) is 12.4. The molecule has 0 saturated carbocycles. The SMILES string of the molecule is Cc1nn(-c2ccc(CNC(=O)Cc3cc(=O)[nH]c(=O)[nH]3)cc2)c2c3cc(-c4ccccc4)cnc3cc[n+]12. The highest BCUT2D eigenvalue weighted by Crippen LogP contribution is 2.25. The number of carbonyl (C=O) groups is 1. The molecule has 3 N–H and O–H groups in total. The summed E-state index contributed by atoms with van der Waals surface area (Å²) in [6.45, 7) is 2.26. The minimum Gasteiger partial charge on any atom is -0.352 e. The first kappa shape index (κ1) is 24.0. The van der Waals surface area contributed by atoms with Gasteiger partial charge in [0.2, 0.25) is 5.91 Å². The van der Waals surface area contributed by atoms with Gasteiger partial charge in [0.15, 0.2) is 0 Å². The van der Waals surface area contributed by atoms with Crippen molar-refractivity contribution in [1.29, 1.82) is 0 Å². The smallest absolute Gasteiger partial charge is 0.325 e. The van der Waals surface area contributed by atoms with Crippen LogP contribution in [0.4, 0.5) is 0 Å². The van der Waals surface area contributed by atoms with Crippen molar-refractivity contribution < 1.29 is 9.20 Å². The number of nitrogens with one attached hydrogen (secondary N) is 3. The van der Waals surface area contributed by atoms with Crippen molar-refractivity contribution in [3.8, 4) is 16.8 Å². The van der Waals surface area contributed by atoms with Gasteiger partial charge in [-0.15, -0.1) is 0 Å². The molecule has 0 aliphatic heterocycles. The zero-order valence-corrected chi connectivity index (χ0v) is 21.0. The summed E-state index contributed by atoms with van der Waals surface area (Å²) in [6.07, 6.45) is 3.76. The normalized spacial score (nSPS) is 11.2. The third kappa shape index (κ3) is 4.82. The number of fused-ring (bicyclic) bond motifs is 3. The van der Waals surface area contributed by atoms with Gasteiger partial charge in [-0.3, -0.25) is 19.6 Å². The molecule has 0 saturated heterocycles. The van der Waals surface area contributed by atoms with Crippen LogP contribution in [0.25, 0.3) is 33.4 Å². The predicted octanol–water partition coefficient (Wildman–Crippen LogP) is 2.37. The lowest BCUT2D eigenvalue weighted by atomic mass is 10.1. The Labute approximate surface area is 221 Å². The van der Waals surface area contributed by atoms with Crippen LogP contribution < -0.4 is 21.0 Å². The third-order valence-electron chi connectivity index (χ3n) is 6.51. The largest absolute Gasteiger partial charge is 0.352 e. The van der Waals surface area contributed by atoms with Crippen molar-refractivity contribution in [3.05, 3.63) is 123 Å². The molecule has 0 aliphatic carbocycles. The molecule has 192 valence electrons.